The molecule has 19 heavy (non-hydrogen) atoms. The number of nitrogens with zero attached hydrogens (tertiary/aromatic N) is 1. The molecular weight excluding hydrogens is 334 g/mol. The Labute approximate surface area is 124 Å². The Kier molecular flexibility index (Phi) is 3.75. The van der Waals surface area contributed by atoms with Crippen LogP contribution in [-0.4, -0.2) is 49.2 Å². The number of carbonyl (C=O) groups is 2. The summed E-state index contributed by atoms with van der Waals surface area (Å²) in [5.74, 6) is -1.32. The summed E-state index contributed by atoms with van der Waals surface area (Å²) in [4.78, 5) is 25.0. The van der Waals surface area contributed by atoms with Crippen molar-refractivity contribution in [1.29, 1.82) is 0 Å². The van der Waals surface area contributed by atoms with Gasteiger partial charge in [0.1, 0.15) is 5.37 Å². The molecule has 2 rings (SSSR count). The van der Waals surface area contributed by atoms with Crippen LogP contribution in [0.3, 0.4) is 0 Å². The van der Waals surface area contributed by atoms with Gasteiger partial charge in [0.2, 0.25) is 4.45 Å². The second-order valence-corrected chi connectivity index (χ2v) is 7.91. The summed E-state index contributed by atoms with van der Waals surface area (Å²) < 4.78 is 3.51. The van der Waals surface area contributed by atoms with Gasteiger partial charge in [-0.15, -0.1) is 18.3 Å². The molecule has 0 aromatic heterocycles. The maximum Gasteiger partial charge on any atom is 0.342 e. The van der Waals surface area contributed by atoms with Crippen molar-refractivity contribution in [2.45, 2.75) is 40.9 Å². The van der Waals surface area contributed by atoms with Gasteiger partial charge in [-0.1, -0.05) is 6.08 Å². The third-order valence-corrected chi connectivity index (χ3v) is 7.00. The number of carbonyl (C=O) groups excluding carboxylic acids is 1. The quantitative estimate of drug-likeness (QED) is 0.269. The van der Waals surface area contributed by atoms with E-state index in [1.54, 1.807) is 6.08 Å². The van der Waals surface area contributed by atoms with Crippen molar-refractivity contribution in [3.8, 4) is 0 Å². The Morgan fingerprint density at radius 3 is 2.84 bits per heavy atom. The fraction of sp³-hybridized carbons (Fsp3) is 0.667. The van der Waals surface area contributed by atoms with Crippen LogP contribution in [0.2, 0.25) is 0 Å². The van der Waals surface area contributed by atoms with E-state index in [0.717, 1.165) is 0 Å². The molecule has 1 N–H and O–H groups in total. The normalized spacial score (nSPS) is 35.7. The first-order valence-corrected chi connectivity index (χ1v) is 7.60. The molecule has 0 aromatic rings. The zero-order valence-corrected chi connectivity index (χ0v) is 13.2. The monoisotopic (exact) mass is 349 g/mol. The van der Waals surface area contributed by atoms with Gasteiger partial charge >= 0.3 is 5.97 Å². The van der Waals surface area contributed by atoms with Crippen LogP contribution >= 0.6 is 27.7 Å². The molecule has 0 aromatic carbocycles. The zero-order chi connectivity index (χ0) is 14.4. The number of fused-ring (bicyclic) bond motifs is 1. The molecular formula is C12H16BrNO4S. The van der Waals surface area contributed by atoms with E-state index in [4.69, 9.17) is 4.74 Å². The summed E-state index contributed by atoms with van der Waals surface area (Å²) in [5.41, 5.74) is 0. The standard InChI is InChI=1S/C12H16BrNO4S/c1-4-5-6-18-7-8(15)14-9(7)19-11(2,3)12(14,13)10(16)17/h4,7,9H,1,5-6H2,2-3H3,(H,16,17)/t7-,9-,12+/m1/s1. The zero-order valence-electron chi connectivity index (χ0n) is 10.8. The minimum Gasteiger partial charge on any atom is -0.479 e. The number of hydrogen-bond donors (Lipinski definition) is 1. The fourth-order valence-corrected chi connectivity index (χ4v) is 4.78. The highest BCUT2D eigenvalue weighted by Crippen LogP contribution is 2.59. The number of alkyl halides is 1. The van der Waals surface area contributed by atoms with E-state index in [-0.39, 0.29) is 11.3 Å². The number of hydrogen-bond acceptors (Lipinski definition) is 4. The van der Waals surface area contributed by atoms with Crippen molar-refractivity contribution in [3.63, 3.8) is 0 Å². The van der Waals surface area contributed by atoms with E-state index >= 15 is 0 Å². The van der Waals surface area contributed by atoms with Crippen molar-refractivity contribution in [2.75, 3.05) is 6.61 Å². The molecule has 1 amide bonds. The maximum atomic E-state index is 12.1. The van der Waals surface area contributed by atoms with Crippen molar-refractivity contribution >= 4 is 39.6 Å². The van der Waals surface area contributed by atoms with E-state index < -0.39 is 21.3 Å². The molecule has 2 saturated heterocycles. The van der Waals surface area contributed by atoms with Crippen LogP contribution < -0.4 is 0 Å². The molecule has 106 valence electrons. The van der Waals surface area contributed by atoms with Crippen molar-refractivity contribution in [3.05, 3.63) is 12.7 Å². The molecule has 2 heterocycles. The predicted molar refractivity (Wildman–Crippen MR) is 76.2 cm³/mol. The minimum atomic E-state index is -1.37. The molecule has 2 aliphatic heterocycles. The number of β-lactam (4-membered cyclic amide) rings is 1. The van der Waals surface area contributed by atoms with Gasteiger partial charge in [-0.05, 0) is 36.2 Å². The number of thioether (sulfide) groups is 1. The van der Waals surface area contributed by atoms with Crippen molar-refractivity contribution < 1.29 is 19.4 Å². The molecule has 5 nitrogen and oxygen atoms in total. The van der Waals surface area contributed by atoms with Gasteiger partial charge < -0.3 is 9.84 Å². The third-order valence-electron chi connectivity index (χ3n) is 3.44. The summed E-state index contributed by atoms with van der Waals surface area (Å²) in [6.07, 6.45) is 1.84. The van der Waals surface area contributed by atoms with Crippen molar-refractivity contribution in [1.82, 2.24) is 4.90 Å². The lowest BCUT2D eigenvalue weighted by Crippen LogP contribution is -2.70. The highest BCUT2D eigenvalue weighted by molar-refractivity contribution is 9.10. The topological polar surface area (TPSA) is 66.8 Å². The van der Waals surface area contributed by atoms with Gasteiger partial charge in [-0.2, -0.15) is 0 Å². The third kappa shape index (κ3) is 1.94. The first-order chi connectivity index (χ1) is 8.77. The van der Waals surface area contributed by atoms with Crippen LogP contribution in [-0.2, 0) is 14.3 Å². The highest BCUT2D eigenvalue weighted by atomic mass is 79.9. The van der Waals surface area contributed by atoms with Gasteiger partial charge in [0.15, 0.2) is 6.10 Å². The van der Waals surface area contributed by atoms with Gasteiger partial charge in [0, 0.05) is 0 Å². The summed E-state index contributed by atoms with van der Waals surface area (Å²) >= 11 is 4.70. The molecule has 3 atom stereocenters. The fourth-order valence-electron chi connectivity index (χ4n) is 2.34. The number of carboxylic acid groups (broad SMARTS) is 1. The molecule has 2 fully saturated rings. The van der Waals surface area contributed by atoms with E-state index in [9.17, 15) is 14.7 Å². The number of aliphatic carboxylic acids is 1. The second-order valence-electron chi connectivity index (χ2n) is 5.02. The van der Waals surface area contributed by atoms with Crippen LogP contribution in [0, 0.1) is 0 Å². The largest absolute Gasteiger partial charge is 0.479 e. The molecule has 2 aliphatic rings. The van der Waals surface area contributed by atoms with Gasteiger partial charge in [-0.25, -0.2) is 4.79 Å². The summed E-state index contributed by atoms with van der Waals surface area (Å²) in [7, 11) is 0. The number of amides is 1. The predicted octanol–water partition coefficient (Wildman–Crippen LogP) is 1.82. The van der Waals surface area contributed by atoms with Gasteiger partial charge in [-0.3, -0.25) is 9.69 Å². The SMILES string of the molecule is C=CCCO[C@@H]1C(=O)N2[C@@H]1SC(C)(C)[C@]2(Br)C(=O)O. The maximum absolute atomic E-state index is 12.1. The Morgan fingerprint density at radius 1 is 1.68 bits per heavy atom. The Hall–Kier alpha value is -0.530. The Morgan fingerprint density at radius 2 is 2.32 bits per heavy atom. The molecule has 0 radical (unpaired) electrons. The van der Waals surface area contributed by atoms with Crippen LogP contribution in [0.15, 0.2) is 12.7 Å². The second kappa shape index (κ2) is 4.79. The molecule has 0 unspecified atom stereocenters. The summed E-state index contributed by atoms with van der Waals surface area (Å²) in [6.45, 7) is 7.64. The van der Waals surface area contributed by atoms with Gasteiger partial charge in [0.05, 0.1) is 11.4 Å². The highest BCUT2D eigenvalue weighted by Gasteiger charge is 2.72. The number of halogens is 1. The average molecular weight is 350 g/mol. The molecule has 0 spiro atoms. The first-order valence-electron chi connectivity index (χ1n) is 5.93. The lowest BCUT2D eigenvalue weighted by molar-refractivity contribution is -0.177. The lowest BCUT2D eigenvalue weighted by Gasteiger charge is -2.46. The number of rotatable bonds is 5. The summed E-state index contributed by atoms with van der Waals surface area (Å²) in [6, 6.07) is 0. The minimum absolute atomic E-state index is 0.247. The smallest absolute Gasteiger partial charge is 0.342 e. The number of carboxylic acids is 1. The first kappa shape index (κ1) is 14.9. The Balaban J connectivity index is 2.17. The summed E-state index contributed by atoms with van der Waals surface area (Å²) in [5, 5.41) is 9.19. The molecule has 0 aliphatic carbocycles. The van der Waals surface area contributed by atoms with Crippen LogP contribution in [0.1, 0.15) is 20.3 Å². The molecule has 7 heteroatoms. The Bertz CT molecular complexity index is 441. The van der Waals surface area contributed by atoms with E-state index in [1.807, 2.05) is 13.8 Å². The van der Waals surface area contributed by atoms with E-state index in [1.165, 1.54) is 16.7 Å². The van der Waals surface area contributed by atoms with Crippen LogP contribution in [0.25, 0.3) is 0 Å². The average Bonchev–Trinajstić information content (AvgIpc) is 2.51. The molecule has 0 bridgehead atoms. The number of ether oxygens (including phenoxy) is 1. The molecule has 0 saturated carbocycles. The lowest BCUT2D eigenvalue weighted by atomic mass is 9.97. The van der Waals surface area contributed by atoms with Crippen molar-refractivity contribution in [2.24, 2.45) is 0 Å². The van der Waals surface area contributed by atoms with E-state index in [2.05, 4.69) is 22.5 Å². The van der Waals surface area contributed by atoms with Crippen LogP contribution in [0.5, 0.6) is 0 Å². The van der Waals surface area contributed by atoms with Crippen LogP contribution in [0.4, 0.5) is 0 Å². The van der Waals surface area contributed by atoms with E-state index in [0.29, 0.717) is 13.0 Å². The van der Waals surface area contributed by atoms with Gasteiger partial charge in [0.25, 0.3) is 5.91 Å².